The van der Waals surface area contributed by atoms with Crippen molar-refractivity contribution in [1.82, 2.24) is 15.2 Å². The van der Waals surface area contributed by atoms with Crippen LogP contribution >= 0.6 is 11.3 Å². The van der Waals surface area contributed by atoms with Crippen LogP contribution in [0, 0.1) is 0 Å². The van der Waals surface area contributed by atoms with Gasteiger partial charge >= 0.3 is 0 Å². The van der Waals surface area contributed by atoms with E-state index in [1.807, 2.05) is 11.7 Å². The normalized spacial score (nSPS) is 23.3. The fraction of sp³-hybridized carbons (Fsp3) is 0.471. The number of hydrogen-bond acceptors (Lipinski definition) is 4. The topological polar surface area (TPSA) is 28.2 Å². The predicted octanol–water partition coefficient (Wildman–Crippen LogP) is 3.46. The average Bonchev–Trinajstić information content (AvgIpc) is 3.02. The average molecular weight is 301 g/mol. The van der Waals surface area contributed by atoms with E-state index in [1.165, 1.54) is 23.3 Å². The smallest absolute Gasteiger partial charge is 0.0794 e. The molecular weight excluding hydrogens is 278 g/mol. The number of rotatable bonds is 5. The molecule has 2 heterocycles. The Balaban J connectivity index is 1.77. The molecule has 0 aliphatic carbocycles. The van der Waals surface area contributed by atoms with Crippen molar-refractivity contribution in [3.8, 4) is 0 Å². The molecule has 1 N–H and O–H groups in total. The molecule has 0 bridgehead atoms. The van der Waals surface area contributed by atoms with Gasteiger partial charge in [-0.15, -0.1) is 11.3 Å². The highest BCUT2D eigenvalue weighted by atomic mass is 32.1. The zero-order valence-electron chi connectivity index (χ0n) is 12.5. The lowest BCUT2D eigenvalue weighted by atomic mass is 9.99. The third-order valence-electron chi connectivity index (χ3n) is 4.16. The van der Waals surface area contributed by atoms with Crippen LogP contribution in [0.3, 0.4) is 0 Å². The molecule has 0 radical (unpaired) electrons. The van der Waals surface area contributed by atoms with Gasteiger partial charge < -0.3 is 5.32 Å². The van der Waals surface area contributed by atoms with Crippen molar-refractivity contribution in [3.05, 3.63) is 52.5 Å². The summed E-state index contributed by atoms with van der Waals surface area (Å²) in [7, 11) is 0. The van der Waals surface area contributed by atoms with Gasteiger partial charge in [-0.1, -0.05) is 43.7 Å². The van der Waals surface area contributed by atoms with E-state index in [9.17, 15) is 0 Å². The molecule has 1 aliphatic heterocycles. The maximum Gasteiger partial charge on any atom is 0.0794 e. The first-order chi connectivity index (χ1) is 10.4. The van der Waals surface area contributed by atoms with Crippen molar-refractivity contribution in [2.24, 2.45) is 0 Å². The van der Waals surface area contributed by atoms with Crippen LogP contribution in [0.5, 0.6) is 0 Å². The Bertz CT molecular complexity index is 526. The third kappa shape index (κ3) is 3.70. The Kier molecular flexibility index (Phi) is 5.01. The molecule has 2 atom stereocenters. The number of aromatic nitrogens is 1. The van der Waals surface area contributed by atoms with Crippen molar-refractivity contribution < 1.29 is 0 Å². The number of nitrogens with one attached hydrogen (secondary N) is 1. The molecule has 112 valence electrons. The van der Waals surface area contributed by atoms with Gasteiger partial charge in [0.15, 0.2) is 0 Å². The molecule has 2 aromatic rings. The van der Waals surface area contributed by atoms with Crippen LogP contribution in [-0.4, -0.2) is 29.0 Å². The second kappa shape index (κ2) is 7.16. The maximum atomic E-state index is 4.22. The Labute approximate surface area is 131 Å². The minimum Gasteiger partial charge on any atom is -0.311 e. The van der Waals surface area contributed by atoms with Crippen LogP contribution in [-0.2, 0) is 6.54 Å². The summed E-state index contributed by atoms with van der Waals surface area (Å²) in [5.74, 6) is 0. The molecule has 2 unspecified atom stereocenters. The zero-order chi connectivity index (χ0) is 14.5. The van der Waals surface area contributed by atoms with Crippen LogP contribution in [0.25, 0.3) is 0 Å². The quantitative estimate of drug-likeness (QED) is 0.916. The fourth-order valence-corrected chi connectivity index (χ4v) is 3.74. The fourth-order valence-electron chi connectivity index (χ4n) is 3.12. The highest BCUT2D eigenvalue weighted by molar-refractivity contribution is 7.09. The van der Waals surface area contributed by atoms with Gasteiger partial charge in [-0.25, -0.2) is 0 Å². The standard InChI is InChI=1S/C17H23N3S/c1-2-6-15-11-20(12-16-9-18-13-21-16)17(10-19-15)14-7-4-3-5-8-14/h3-5,7-9,13,15,17,19H,2,6,10-12H2,1H3. The molecule has 21 heavy (non-hydrogen) atoms. The molecule has 1 fully saturated rings. The van der Waals surface area contributed by atoms with Crippen LogP contribution < -0.4 is 5.32 Å². The molecule has 1 saturated heterocycles. The van der Waals surface area contributed by atoms with Gasteiger partial charge in [-0.2, -0.15) is 0 Å². The summed E-state index contributed by atoms with van der Waals surface area (Å²) in [6.45, 7) is 5.42. The molecule has 3 rings (SSSR count). The Morgan fingerprint density at radius 1 is 1.33 bits per heavy atom. The summed E-state index contributed by atoms with van der Waals surface area (Å²) < 4.78 is 0. The van der Waals surface area contributed by atoms with Gasteiger partial charge in [0.05, 0.1) is 5.51 Å². The number of hydrogen-bond donors (Lipinski definition) is 1. The van der Waals surface area contributed by atoms with Gasteiger partial charge in [0, 0.05) is 42.8 Å². The van der Waals surface area contributed by atoms with Gasteiger partial charge in [-0.05, 0) is 12.0 Å². The number of benzene rings is 1. The van der Waals surface area contributed by atoms with Crippen LogP contribution in [0.4, 0.5) is 0 Å². The summed E-state index contributed by atoms with van der Waals surface area (Å²) in [5.41, 5.74) is 3.34. The van der Waals surface area contributed by atoms with Crippen LogP contribution in [0.1, 0.15) is 36.2 Å². The van der Waals surface area contributed by atoms with E-state index in [4.69, 9.17) is 0 Å². The van der Waals surface area contributed by atoms with Crippen molar-refractivity contribution in [2.45, 2.75) is 38.4 Å². The Hall–Kier alpha value is -1.23. The minimum atomic E-state index is 0.460. The predicted molar refractivity (Wildman–Crippen MR) is 88.4 cm³/mol. The molecule has 1 aromatic carbocycles. The largest absolute Gasteiger partial charge is 0.311 e. The third-order valence-corrected chi connectivity index (χ3v) is 4.92. The van der Waals surface area contributed by atoms with E-state index in [2.05, 4.69) is 52.5 Å². The second-order valence-electron chi connectivity index (χ2n) is 5.72. The lowest BCUT2D eigenvalue weighted by molar-refractivity contribution is 0.120. The molecule has 3 nitrogen and oxygen atoms in total. The zero-order valence-corrected chi connectivity index (χ0v) is 13.4. The number of thiazole rings is 1. The summed E-state index contributed by atoms with van der Waals surface area (Å²) in [6, 6.07) is 11.9. The first-order valence-electron chi connectivity index (χ1n) is 7.76. The van der Waals surface area contributed by atoms with Crippen molar-refractivity contribution in [1.29, 1.82) is 0 Å². The number of piperazine rings is 1. The van der Waals surface area contributed by atoms with Crippen LogP contribution in [0.15, 0.2) is 42.0 Å². The molecule has 0 spiro atoms. The summed E-state index contributed by atoms with van der Waals surface area (Å²) in [5, 5.41) is 3.72. The van der Waals surface area contributed by atoms with E-state index >= 15 is 0 Å². The Morgan fingerprint density at radius 2 is 2.19 bits per heavy atom. The molecule has 4 heteroatoms. The molecule has 1 aliphatic rings. The SMILES string of the molecule is CCCC1CN(Cc2cncs2)C(c2ccccc2)CN1. The minimum absolute atomic E-state index is 0.460. The number of nitrogens with zero attached hydrogens (tertiary/aromatic N) is 2. The first kappa shape index (κ1) is 14.7. The maximum absolute atomic E-state index is 4.22. The summed E-state index contributed by atoms with van der Waals surface area (Å²) in [6.07, 6.45) is 4.49. The molecular formula is C17H23N3S. The van der Waals surface area contributed by atoms with E-state index in [1.54, 1.807) is 11.3 Å². The summed E-state index contributed by atoms with van der Waals surface area (Å²) in [4.78, 5) is 8.18. The molecule has 1 aromatic heterocycles. The van der Waals surface area contributed by atoms with E-state index in [0.29, 0.717) is 12.1 Å². The lowest BCUT2D eigenvalue weighted by Crippen LogP contribution is -2.51. The molecule has 0 amide bonds. The van der Waals surface area contributed by atoms with Gasteiger partial charge in [0.1, 0.15) is 0 Å². The van der Waals surface area contributed by atoms with Crippen LogP contribution in [0.2, 0.25) is 0 Å². The highest BCUT2D eigenvalue weighted by Gasteiger charge is 2.28. The highest BCUT2D eigenvalue weighted by Crippen LogP contribution is 2.27. The van der Waals surface area contributed by atoms with E-state index < -0.39 is 0 Å². The summed E-state index contributed by atoms with van der Waals surface area (Å²) >= 11 is 1.76. The van der Waals surface area contributed by atoms with Gasteiger partial charge in [-0.3, -0.25) is 9.88 Å². The monoisotopic (exact) mass is 301 g/mol. The first-order valence-corrected chi connectivity index (χ1v) is 8.64. The van der Waals surface area contributed by atoms with Gasteiger partial charge in [0.2, 0.25) is 0 Å². The second-order valence-corrected chi connectivity index (χ2v) is 6.69. The molecule has 0 saturated carbocycles. The Morgan fingerprint density at radius 3 is 2.90 bits per heavy atom. The lowest BCUT2D eigenvalue weighted by Gasteiger charge is -2.40. The van der Waals surface area contributed by atoms with E-state index in [0.717, 1.165) is 19.6 Å². The van der Waals surface area contributed by atoms with E-state index in [-0.39, 0.29) is 0 Å². The van der Waals surface area contributed by atoms with Crippen molar-refractivity contribution in [3.63, 3.8) is 0 Å². The van der Waals surface area contributed by atoms with Crippen molar-refractivity contribution >= 4 is 11.3 Å². The van der Waals surface area contributed by atoms with Crippen molar-refractivity contribution in [2.75, 3.05) is 13.1 Å². The van der Waals surface area contributed by atoms with Gasteiger partial charge in [0.25, 0.3) is 0 Å².